The molecule has 21 heavy (non-hydrogen) atoms. The van der Waals surface area contributed by atoms with Gasteiger partial charge in [-0.2, -0.15) is 0 Å². The molecule has 0 amide bonds. The van der Waals surface area contributed by atoms with Crippen molar-refractivity contribution in [3.63, 3.8) is 0 Å². The van der Waals surface area contributed by atoms with Gasteiger partial charge in [-0.05, 0) is 43.7 Å². The molecule has 1 aliphatic carbocycles. The van der Waals surface area contributed by atoms with Crippen LogP contribution in [0.15, 0.2) is 18.2 Å². The van der Waals surface area contributed by atoms with Crippen LogP contribution in [-0.4, -0.2) is 32.5 Å². The summed E-state index contributed by atoms with van der Waals surface area (Å²) in [6, 6.07) is 4.75. The van der Waals surface area contributed by atoms with Crippen molar-refractivity contribution < 1.29 is 13.9 Å². The van der Waals surface area contributed by atoms with Gasteiger partial charge in [-0.25, -0.2) is 4.39 Å². The molecule has 2 aliphatic rings. The number of ether oxygens (including phenoxy) is 2. The van der Waals surface area contributed by atoms with Crippen LogP contribution in [0.25, 0.3) is 0 Å². The fourth-order valence-electron chi connectivity index (χ4n) is 2.69. The summed E-state index contributed by atoms with van der Waals surface area (Å²) >= 11 is 0. The molecular weight excluding hydrogens is 271 g/mol. The standard InChI is InChI=1S/C16H23FN2O2/c17-13-5-6-16(21-11-20-10-12-3-4-12)15(8-13)19-7-1-2-14(18)9-19/h5-6,8,12,14H,1-4,7,9-11,18H2. The topological polar surface area (TPSA) is 47.7 Å². The maximum absolute atomic E-state index is 13.6. The van der Waals surface area contributed by atoms with Crippen LogP contribution in [-0.2, 0) is 4.74 Å². The first-order valence-corrected chi connectivity index (χ1v) is 7.73. The van der Waals surface area contributed by atoms with Crippen molar-refractivity contribution >= 4 is 5.69 Å². The maximum Gasteiger partial charge on any atom is 0.189 e. The Morgan fingerprint density at radius 2 is 2.14 bits per heavy atom. The second-order valence-electron chi connectivity index (χ2n) is 6.04. The van der Waals surface area contributed by atoms with Gasteiger partial charge >= 0.3 is 0 Å². The first-order chi connectivity index (χ1) is 10.2. The van der Waals surface area contributed by atoms with Crippen molar-refractivity contribution in [2.24, 2.45) is 11.7 Å². The van der Waals surface area contributed by atoms with Crippen LogP contribution in [0, 0.1) is 11.7 Å². The summed E-state index contributed by atoms with van der Waals surface area (Å²) < 4.78 is 24.7. The van der Waals surface area contributed by atoms with E-state index < -0.39 is 0 Å². The number of piperidine rings is 1. The van der Waals surface area contributed by atoms with Gasteiger partial charge in [0.15, 0.2) is 6.79 Å². The van der Waals surface area contributed by atoms with Crippen molar-refractivity contribution in [2.75, 3.05) is 31.4 Å². The van der Waals surface area contributed by atoms with Crippen LogP contribution in [0.3, 0.4) is 0 Å². The summed E-state index contributed by atoms with van der Waals surface area (Å²) in [5.74, 6) is 1.12. The zero-order valence-electron chi connectivity index (χ0n) is 12.3. The first-order valence-electron chi connectivity index (χ1n) is 7.73. The monoisotopic (exact) mass is 294 g/mol. The molecule has 2 fully saturated rings. The number of rotatable bonds is 6. The second kappa shape index (κ2) is 6.62. The van der Waals surface area contributed by atoms with Crippen LogP contribution in [0.1, 0.15) is 25.7 Å². The van der Waals surface area contributed by atoms with E-state index >= 15 is 0 Å². The number of hydrogen-bond acceptors (Lipinski definition) is 4. The van der Waals surface area contributed by atoms with E-state index in [0.717, 1.165) is 38.2 Å². The molecule has 2 N–H and O–H groups in total. The van der Waals surface area contributed by atoms with Crippen molar-refractivity contribution in [1.82, 2.24) is 0 Å². The molecule has 0 radical (unpaired) electrons. The minimum atomic E-state index is -0.254. The molecule has 1 aromatic carbocycles. The average molecular weight is 294 g/mol. The van der Waals surface area contributed by atoms with Gasteiger partial charge in [-0.3, -0.25) is 0 Å². The largest absolute Gasteiger partial charge is 0.465 e. The van der Waals surface area contributed by atoms with Crippen molar-refractivity contribution in [2.45, 2.75) is 31.7 Å². The summed E-state index contributed by atoms with van der Waals surface area (Å²) in [5.41, 5.74) is 6.79. The fraction of sp³-hybridized carbons (Fsp3) is 0.625. The van der Waals surface area contributed by atoms with Crippen molar-refractivity contribution in [3.05, 3.63) is 24.0 Å². The Labute approximate surface area is 125 Å². The SMILES string of the molecule is NC1CCCN(c2cc(F)ccc2OCOCC2CC2)C1. The Morgan fingerprint density at radius 3 is 2.90 bits per heavy atom. The first kappa shape index (κ1) is 14.6. The van der Waals surface area contributed by atoms with E-state index in [9.17, 15) is 4.39 Å². The predicted octanol–water partition coefficient (Wildman–Crippen LogP) is 2.52. The van der Waals surface area contributed by atoms with E-state index in [0.29, 0.717) is 11.7 Å². The van der Waals surface area contributed by atoms with Crippen LogP contribution >= 0.6 is 0 Å². The lowest BCUT2D eigenvalue weighted by molar-refractivity contribution is 0.0102. The van der Waals surface area contributed by atoms with E-state index in [2.05, 4.69) is 4.90 Å². The zero-order valence-corrected chi connectivity index (χ0v) is 12.3. The van der Waals surface area contributed by atoms with E-state index in [-0.39, 0.29) is 18.7 Å². The third-order valence-electron chi connectivity index (χ3n) is 4.07. The minimum absolute atomic E-state index is 0.140. The molecule has 116 valence electrons. The maximum atomic E-state index is 13.6. The van der Waals surface area contributed by atoms with E-state index in [4.69, 9.17) is 15.2 Å². The second-order valence-corrected chi connectivity index (χ2v) is 6.04. The highest BCUT2D eigenvalue weighted by molar-refractivity contribution is 5.59. The summed E-state index contributed by atoms with van der Waals surface area (Å²) in [7, 11) is 0. The van der Waals surface area contributed by atoms with Gasteiger partial charge in [0.05, 0.1) is 12.3 Å². The Bertz CT molecular complexity index is 479. The number of nitrogens with two attached hydrogens (primary N) is 1. The molecule has 3 rings (SSSR count). The Hall–Kier alpha value is -1.33. The van der Waals surface area contributed by atoms with Crippen LogP contribution in [0.2, 0.25) is 0 Å². The minimum Gasteiger partial charge on any atom is -0.465 e. The lowest BCUT2D eigenvalue weighted by Gasteiger charge is -2.33. The Balaban J connectivity index is 1.63. The normalized spacial score (nSPS) is 22.4. The van der Waals surface area contributed by atoms with Crippen molar-refractivity contribution in [3.8, 4) is 5.75 Å². The van der Waals surface area contributed by atoms with Crippen molar-refractivity contribution in [1.29, 1.82) is 0 Å². The number of benzene rings is 1. The summed E-state index contributed by atoms with van der Waals surface area (Å²) in [6.07, 6.45) is 4.56. The van der Waals surface area contributed by atoms with Gasteiger partial charge in [0.1, 0.15) is 11.6 Å². The van der Waals surface area contributed by atoms with E-state index in [1.807, 2.05) is 0 Å². The molecule has 1 unspecified atom stereocenters. The molecule has 4 nitrogen and oxygen atoms in total. The van der Waals surface area contributed by atoms with Gasteiger partial charge in [0.2, 0.25) is 0 Å². The Morgan fingerprint density at radius 1 is 1.29 bits per heavy atom. The molecule has 1 heterocycles. The Kier molecular flexibility index (Phi) is 4.60. The van der Waals surface area contributed by atoms with Crippen LogP contribution in [0.4, 0.5) is 10.1 Å². The van der Waals surface area contributed by atoms with Gasteiger partial charge in [-0.15, -0.1) is 0 Å². The van der Waals surface area contributed by atoms with Gasteiger partial charge < -0.3 is 20.1 Å². The highest BCUT2D eigenvalue weighted by atomic mass is 19.1. The summed E-state index contributed by atoms with van der Waals surface area (Å²) in [4.78, 5) is 2.10. The number of anilines is 1. The molecule has 1 saturated carbocycles. The highest BCUT2D eigenvalue weighted by Crippen LogP contribution is 2.32. The number of halogens is 1. The number of hydrogen-bond donors (Lipinski definition) is 1. The third kappa shape index (κ3) is 4.08. The van der Waals surface area contributed by atoms with Crippen LogP contribution in [0.5, 0.6) is 5.75 Å². The average Bonchev–Trinajstić information content (AvgIpc) is 3.29. The molecular formula is C16H23FN2O2. The van der Waals surface area contributed by atoms with E-state index in [1.165, 1.54) is 25.0 Å². The molecule has 5 heteroatoms. The lowest BCUT2D eigenvalue weighted by Crippen LogP contribution is -2.43. The zero-order chi connectivity index (χ0) is 14.7. The molecule has 0 bridgehead atoms. The van der Waals surface area contributed by atoms with Gasteiger partial charge in [0.25, 0.3) is 0 Å². The van der Waals surface area contributed by atoms with E-state index in [1.54, 1.807) is 6.07 Å². The number of nitrogens with zero attached hydrogens (tertiary/aromatic N) is 1. The van der Waals surface area contributed by atoms with Gasteiger partial charge in [-0.1, -0.05) is 0 Å². The smallest absolute Gasteiger partial charge is 0.189 e. The molecule has 1 atom stereocenters. The molecule has 1 saturated heterocycles. The summed E-state index contributed by atoms with van der Waals surface area (Å²) in [5, 5.41) is 0. The molecule has 1 aromatic rings. The molecule has 0 spiro atoms. The quantitative estimate of drug-likeness (QED) is 0.647. The van der Waals surface area contributed by atoms with Gasteiger partial charge in [0, 0.05) is 25.2 Å². The fourth-order valence-corrected chi connectivity index (χ4v) is 2.69. The molecule has 1 aliphatic heterocycles. The lowest BCUT2D eigenvalue weighted by atomic mass is 10.1. The third-order valence-corrected chi connectivity index (χ3v) is 4.07. The summed E-state index contributed by atoms with van der Waals surface area (Å²) in [6.45, 7) is 2.60. The highest BCUT2D eigenvalue weighted by Gasteiger charge is 2.22. The molecule has 0 aromatic heterocycles. The van der Waals surface area contributed by atoms with Crippen LogP contribution < -0.4 is 15.4 Å². The predicted molar refractivity (Wildman–Crippen MR) is 80.0 cm³/mol.